The van der Waals surface area contributed by atoms with E-state index in [2.05, 4.69) is 46.8 Å². The molecule has 3 aromatic rings. The van der Waals surface area contributed by atoms with Crippen molar-refractivity contribution in [1.82, 2.24) is 4.98 Å². The van der Waals surface area contributed by atoms with Gasteiger partial charge in [-0.15, -0.1) is 11.3 Å². The number of hydrogen-bond acceptors (Lipinski definition) is 2. The summed E-state index contributed by atoms with van der Waals surface area (Å²) in [5.41, 5.74) is 2.42. The molecular weight excluding hydrogens is 214 g/mol. The minimum Gasteiger partial charge on any atom is -0.256 e. The third-order valence-corrected chi connectivity index (χ3v) is 3.50. The van der Waals surface area contributed by atoms with E-state index in [0.29, 0.717) is 0 Å². The lowest BCUT2D eigenvalue weighted by molar-refractivity contribution is 1.25. The van der Waals surface area contributed by atoms with Crippen LogP contribution >= 0.6 is 11.3 Å². The Kier molecular flexibility index (Phi) is 2.43. The molecule has 0 radical (unpaired) electrons. The van der Waals surface area contributed by atoms with E-state index in [4.69, 9.17) is 0 Å². The van der Waals surface area contributed by atoms with Crippen LogP contribution in [0.2, 0.25) is 0 Å². The molecule has 2 aromatic heterocycles. The van der Waals surface area contributed by atoms with Gasteiger partial charge in [0.1, 0.15) is 0 Å². The molecule has 78 valence electrons. The van der Waals surface area contributed by atoms with Gasteiger partial charge in [-0.25, -0.2) is 0 Å². The van der Waals surface area contributed by atoms with E-state index in [0.717, 1.165) is 11.9 Å². The zero-order valence-electron chi connectivity index (χ0n) is 8.76. The van der Waals surface area contributed by atoms with Crippen LogP contribution in [0.4, 0.5) is 0 Å². The highest BCUT2D eigenvalue weighted by atomic mass is 32.1. The van der Waals surface area contributed by atoms with Gasteiger partial charge < -0.3 is 0 Å². The second-order valence-electron chi connectivity index (χ2n) is 3.79. The van der Waals surface area contributed by atoms with Gasteiger partial charge in [-0.05, 0) is 35.2 Å². The van der Waals surface area contributed by atoms with Crippen LogP contribution in [0.3, 0.4) is 0 Å². The number of benzene rings is 1. The molecule has 0 bridgehead atoms. The third-order valence-electron chi connectivity index (χ3n) is 2.63. The Hall–Kier alpha value is -1.67. The van der Waals surface area contributed by atoms with Crippen molar-refractivity contribution in [2.45, 2.75) is 6.42 Å². The fourth-order valence-electron chi connectivity index (χ4n) is 1.85. The van der Waals surface area contributed by atoms with Crippen LogP contribution in [-0.2, 0) is 6.42 Å². The van der Waals surface area contributed by atoms with E-state index in [1.807, 2.05) is 23.6 Å². The smallest absolute Gasteiger partial charge is 0.0702 e. The molecule has 0 saturated carbocycles. The van der Waals surface area contributed by atoms with Crippen molar-refractivity contribution in [1.29, 1.82) is 0 Å². The maximum atomic E-state index is 4.32. The largest absolute Gasteiger partial charge is 0.256 e. The molecule has 3 rings (SSSR count). The maximum absolute atomic E-state index is 4.32. The zero-order chi connectivity index (χ0) is 10.8. The summed E-state index contributed by atoms with van der Waals surface area (Å²) in [5, 5.41) is 3.34. The van der Waals surface area contributed by atoms with Crippen LogP contribution in [0.25, 0.3) is 10.9 Å². The summed E-state index contributed by atoms with van der Waals surface area (Å²) in [5.74, 6) is 0. The summed E-state index contributed by atoms with van der Waals surface area (Å²) in [4.78, 5) is 5.73. The average molecular weight is 225 g/mol. The summed E-state index contributed by atoms with van der Waals surface area (Å²) in [6, 6.07) is 14.9. The van der Waals surface area contributed by atoms with Crippen molar-refractivity contribution in [2.24, 2.45) is 0 Å². The molecule has 2 heterocycles. The number of nitrogens with zero attached hydrogens (tertiary/aromatic N) is 1. The van der Waals surface area contributed by atoms with Crippen molar-refractivity contribution in [3.8, 4) is 0 Å². The number of aromatic nitrogens is 1. The van der Waals surface area contributed by atoms with Gasteiger partial charge in [0.05, 0.1) is 5.52 Å². The van der Waals surface area contributed by atoms with Crippen LogP contribution in [0.1, 0.15) is 10.4 Å². The van der Waals surface area contributed by atoms with Crippen molar-refractivity contribution in [3.05, 3.63) is 64.5 Å². The molecule has 0 aliphatic carbocycles. The molecule has 1 aromatic carbocycles. The number of thiophene rings is 1. The molecule has 0 N–H and O–H groups in total. The third kappa shape index (κ3) is 1.84. The van der Waals surface area contributed by atoms with E-state index in [9.17, 15) is 0 Å². The molecule has 0 unspecified atom stereocenters. The fourth-order valence-corrected chi connectivity index (χ4v) is 2.59. The van der Waals surface area contributed by atoms with Crippen LogP contribution < -0.4 is 0 Å². The number of rotatable bonds is 2. The minimum atomic E-state index is 1.02. The van der Waals surface area contributed by atoms with Crippen molar-refractivity contribution in [2.75, 3.05) is 0 Å². The molecule has 0 atom stereocenters. The second-order valence-corrected chi connectivity index (χ2v) is 4.82. The van der Waals surface area contributed by atoms with Gasteiger partial charge in [0.15, 0.2) is 0 Å². The first-order valence-electron chi connectivity index (χ1n) is 5.28. The molecular formula is C14H11NS. The zero-order valence-corrected chi connectivity index (χ0v) is 9.58. The van der Waals surface area contributed by atoms with Crippen LogP contribution in [0, 0.1) is 0 Å². The molecule has 0 aliphatic heterocycles. The Bertz CT molecular complexity index is 599. The lowest BCUT2D eigenvalue weighted by Crippen LogP contribution is -1.85. The van der Waals surface area contributed by atoms with Gasteiger partial charge in [-0.3, -0.25) is 4.98 Å². The van der Waals surface area contributed by atoms with Gasteiger partial charge in [0.25, 0.3) is 0 Å². The topological polar surface area (TPSA) is 12.9 Å². The molecule has 1 nitrogen and oxygen atoms in total. The SMILES string of the molecule is c1csc(Cc2ccc3ncccc3c2)c1. The summed E-state index contributed by atoms with van der Waals surface area (Å²) in [7, 11) is 0. The van der Waals surface area contributed by atoms with Gasteiger partial charge in [-0.2, -0.15) is 0 Å². The van der Waals surface area contributed by atoms with Gasteiger partial charge in [0, 0.05) is 22.9 Å². The van der Waals surface area contributed by atoms with E-state index < -0.39 is 0 Å². The molecule has 2 heteroatoms. The van der Waals surface area contributed by atoms with E-state index in [-0.39, 0.29) is 0 Å². The second kappa shape index (κ2) is 4.06. The van der Waals surface area contributed by atoms with Crippen molar-refractivity contribution >= 4 is 22.2 Å². The van der Waals surface area contributed by atoms with Crippen molar-refractivity contribution in [3.63, 3.8) is 0 Å². The lowest BCUT2D eigenvalue weighted by Gasteiger charge is -2.01. The van der Waals surface area contributed by atoms with E-state index in [1.165, 1.54) is 15.8 Å². The van der Waals surface area contributed by atoms with Gasteiger partial charge in [-0.1, -0.05) is 18.2 Å². The first-order valence-corrected chi connectivity index (χ1v) is 6.16. The van der Waals surface area contributed by atoms with Crippen LogP contribution in [-0.4, -0.2) is 4.98 Å². The molecule has 0 spiro atoms. The van der Waals surface area contributed by atoms with E-state index >= 15 is 0 Å². The lowest BCUT2D eigenvalue weighted by atomic mass is 10.1. The Morgan fingerprint density at radius 2 is 2.06 bits per heavy atom. The highest BCUT2D eigenvalue weighted by Crippen LogP contribution is 2.18. The number of pyridine rings is 1. The Morgan fingerprint density at radius 3 is 2.94 bits per heavy atom. The van der Waals surface area contributed by atoms with Gasteiger partial charge in [0.2, 0.25) is 0 Å². The Balaban J connectivity index is 1.99. The Morgan fingerprint density at radius 1 is 1.06 bits per heavy atom. The van der Waals surface area contributed by atoms with Crippen LogP contribution in [0.15, 0.2) is 54.0 Å². The normalized spacial score (nSPS) is 10.8. The summed E-state index contributed by atoms with van der Waals surface area (Å²) in [6.45, 7) is 0. The quantitative estimate of drug-likeness (QED) is 0.645. The Labute approximate surface area is 98.4 Å². The monoisotopic (exact) mass is 225 g/mol. The van der Waals surface area contributed by atoms with E-state index in [1.54, 1.807) is 0 Å². The summed E-state index contributed by atoms with van der Waals surface area (Å²) in [6.07, 6.45) is 2.85. The maximum Gasteiger partial charge on any atom is 0.0702 e. The summed E-state index contributed by atoms with van der Waals surface area (Å²) >= 11 is 1.81. The first kappa shape index (κ1) is 9.55. The highest BCUT2D eigenvalue weighted by Gasteiger charge is 1.99. The minimum absolute atomic E-state index is 1.02. The van der Waals surface area contributed by atoms with Crippen molar-refractivity contribution < 1.29 is 0 Å². The number of fused-ring (bicyclic) bond motifs is 1. The molecule has 0 amide bonds. The number of hydrogen-bond donors (Lipinski definition) is 0. The highest BCUT2D eigenvalue weighted by molar-refractivity contribution is 7.09. The van der Waals surface area contributed by atoms with Gasteiger partial charge >= 0.3 is 0 Å². The predicted molar refractivity (Wildman–Crippen MR) is 68.9 cm³/mol. The standard InChI is InChI=1S/C14H11NS/c1-3-12-9-11(5-6-14(12)15-7-1)10-13-4-2-8-16-13/h1-9H,10H2. The summed E-state index contributed by atoms with van der Waals surface area (Å²) < 4.78 is 0. The first-order chi connectivity index (χ1) is 7.92. The van der Waals surface area contributed by atoms with Crippen LogP contribution in [0.5, 0.6) is 0 Å². The predicted octanol–water partition coefficient (Wildman–Crippen LogP) is 3.89. The molecule has 0 saturated heterocycles. The fraction of sp³-hybridized carbons (Fsp3) is 0.0714. The molecule has 16 heavy (non-hydrogen) atoms. The molecule has 0 fully saturated rings. The average Bonchev–Trinajstić information content (AvgIpc) is 2.82. The molecule has 0 aliphatic rings.